The first-order valence-corrected chi connectivity index (χ1v) is 6.52. The Morgan fingerprint density at radius 2 is 2.35 bits per heavy atom. The van der Waals surface area contributed by atoms with Crippen LogP contribution in [0.2, 0.25) is 0 Å². The lowest BCUT2D eigenvalue weighted by molar-refractivity contribution is -0.128. The maximum Gasteiger partial charge on any atom is 0.256 e. The van der Waals surface area contributed by atoms with E-state index in [1.807, 2.05) is 13.0 Å². The van der Waals surface area contributed by atoms with Crippen LogP contribution in [0.15, 0.2) is 34.4 Å². The van der Waals surface area contributed by atoms with Crippen molar-refractivity contribution >= 4 is 11.5 Å². The number of carbonyl (C=O) groups excluding carboxylic acids is 1. The summed E-state index contributed by atoms with van der Waals surface area (Å²) in [5, 5.41) is 3.34. The molecular weight excluding hydrogens is 258 g/mol. The molecule has 1 aliphatic carbocycles. The second kappa shape index (κ2) is 4.79. The number of hydrogen-bond donors (Lipinski definition) is 1. The van der Waals surface area contributed by atoms with Crippen LogP contribution in [0.3, 0.4) is 0 Å². The van der Waals surface area contributed by atoms with Crippen LogP contribution in [0.5, 0.6) is 0 Å². The molecule has 106 valence electrons. The van der Waals surface area contributed by atoms with Gasteiger partial charge in [-0.05, 0) is 13.0 Å². The van der Waals surface area contributed by atoms with Crippen LogP contribution in [0.25, 0.3) is 5.57 Å². The monoisotopic (exact) mass is 275 g/mol. The number of amides is 1. The topological polar surface area (TPSA) is 67.6 Å². The number of methoxy groups -OCH3 is 1. The van der Waals surface area contributed by atoms with Crippen LogP contribution in [0.4, 0.5) is 0 Å². The summed E-state index contributed by atoms with van der Waals surface area (Å²) in [5.74, 6) is 0.648. The molecule has 6 heteroatoms. The van der Waals surface area contributed by atoms with E-state index in [4.69, 9.17) is 9.15 Å². The van der Waals surface area contributed by atoms with Crippen LogP contribution < -0.4 is 5.32 Å². The van der Waals surface area contributed by atoms with Crippen LogP contribution >= 0.6 is 0 Å². The Kier molecular flexibility index (Phi) is 3.10. The Labute approximate surface area is 117 Å². The van der Waals surface area contributed by atoms with E-state index in [0.717, 1.165) is 11.3 Å². The van der Waals surface area contributed by atoms with Crippen molar-refractivity contribution in [2.75, 3.05) is 14.2 Å². The average molecular weight is 275 g/mol. The van der Waals surface area contributed by atoms with Crippen LogP contribution in [0.1, 0.15) is 19.1 Å². The van der Waals surface area contributed by atoms with Crippen molar-refractivity contribution < 1.29 is 13.9 Å². The fourth-order valence-electron chi connectivity index (χ4n) is 2.58. The molecule has 0 bridgehead atoms. The van der Waals surface area contributed by atoms with E-state index in [9.17, 15) is 4.79 Å². The van der Waals surface area contributed by atoms with Gasteiger partial charge in [0.15, 0.2) is 12.2 Å². The Bertz CT molecular complexity index is 589. The molecule has 0 saturated carbocycles. The Hall–Kier alpha value is -2.08. The highest BCUT2D eigenvalue weighted by Gasteiger charge is 2.34. The minimum Gasteiger partial charge on any atom is -0.444 e. The highest BCUT2D eigenvalue weighted by molar-refractivity contribution is 6.00. The molecule has 6 nitrogen and oxygen atoms in total. The molecule has 1 amide bonds. The minimum absolute atomic E-state index is 0.0119. The maximum atomic E-state index is 12.4. The van der Waals surface area contributed by atoms with Gasteiger partial charge >= 0.3 is 0 Å². The first kappa shape index (κ1) is 12.9. The van der Waals surface area contributed by atoms with Gasteiger partial charge in [0, 0.05) is 31.8 Å². The molecule has 1 aromatic heterocycles. The number of oxazole rings is 1. The molecule has 3 rings (SSSR count). The van der Waals surface area contributed by atoms with Gasteiger partial charge in [0.25, 0.3) is 5.91 Å². The summed E-state index contributed by atoms with van der Waals surface area (Å²) in [6, 6.07) is 0. The maximum absolute atomic E-state index is 12.4. The number of ether oxygens (including phenoxy) is 1. The zero-order valence-electron chi connectivity index (χ0n) is 11.7. The van der Waals surface area contributed by atoms with Gasteiger partial charge in [0.05, 0.1) is 24.0 Å². The number of hydrogen-bond acceptors (Lipinski definition) is 5. The summed E-state index contributed by atoms with van der Waals surface area (Å²) >= 11 is 0. The molecular formula is C14H17N3O3. The van der Waals surface area contributed by atoms with Crippen LogP contribution in [0, 0.1) is 0 Å². The van der Waals surface area contributed by atoms with Gasteiger partial charge in [-0.3, -0.25) is 4.79 Å². The van der Waals surface area contributed by atoms with Crippen molar-refractivity contribution in [2.45, 2.75) is 25.6 Å². The fraction of sp³-hybridized carbons (Fsp3) is 0.429. The Morgan fingerprint density at radius 3 is 3.00 bits per heavy atom. The predicted molar refractivity (Wildman–Crippen MR) is 72.3 cm³/mol. The number of carbonyl (C=O) groups is 1. The third kappa shape index (κ3) is 1.92. The van der Waals surface area contributed by atoms with Gasteiger partial charge in [-0.2, -0.15) is 0 Å². The third-order valence-corrected chi connectivity index (χ3v) is 3.88. The zero-order valence-corrected chi connectivity index (χ0v) is 11.7. The lowest BCUT2D eigenvalue weighted by Gasteiger charge is -2.37. The van der Waals surface area contributed by atoms with E-state index in [1.54, 1.807) is 25.3 Å². The fourth-order valence-corrected chi connectivity index (χ4v) is 2.58. The van der Waals surface area contributed by atoms with Crippen LogP contribution in [-0.2, 0) is 9.53 Å². The first-order chi connectivity index (χ1) is 9.61. The van der Waals surface area contributed by atoms with Crippen molar-refractivity contribution in [1.82, 2.24) is 15.2 Å². The van der Waals surface area contributed by atoms with E-state index < -0.39 is 0 Å². The molecule has 1 aromatic rings. The normalized spacial score (nSPS) is 26.2. The largest absolute Gasteiger partial charge is 0.444 e. The number of aromatic nitrogens is 1. The van der Waals surface area contributed by atoms with E-state index in [1.165, 1.54) is 6.39 Å². The van der Waals surface area contributed by atoms with Gasteiger partial charge in [-0.25, -0.2) is 4.98 Å². The molecule has 0 aromatic carbocycles. The second-order valence-corrected chi connectivity index (χ2v) is 5.02. The Morgan fingerprint density at radius 1 is 1.55 bits per heavy atom. The molecule has 0 spiro atoms. The lowest BCUT2D eigenvalue weighted by atomic mass is 9.90. The smallest absolute Gasteiger partial charge is 0.256 e. The predicted octanol–water partition coefficient (Wildman–Crippen LogP) is 1.14. The SMILES string of the molecule is COC1CC2=C(C=C1c1cnco1)C(=O)N(C)C(C)N2. The minimum atomic E-state index is -0.141. The molecule has 0 fully saturated rings. The zero-order chi connectivity index (χ0) is 14.3. The van der Waals surface area contributed by atoms with Gasteiger partial charge in [0.1, 0.15) is 0 Å². The standard InChI is InChI=1S/C14H17N3O3/c1-8-16-11-5-12(19-3)10(13-6-15-7-20-13)4-9(11)14(18)17(8)2/h4,6-8,12,16H,5H2,1-3H3. The summed E-state index contributed by atoms with van der Waals surface area (Å²) < 4.78 is 10.9. The van der Waals surface area contributed by atoms with Gasteiger partial charge < -0.3 is 19.4 Å². The number of likely N-dealkylation sites (N-methyl/N-ethyl adjacent to an activating group) is 1. The third-order valence-electron chi connectivity index (χ3n) is 3.88. The average Bonchev–Trinajstić information content (AvgIpc) is 2.98. The van der Waals surface area contributed by atoms with Crippen molar-refractivity contribution in [2.24, 2.45) is 0 Å². The summed E-state index contributed by atoms with van der Waals surface area (Å²) in [7, 11) is 3.44. The number of rotatable bonds is 2. The van der Waals surface area contributed by atoms with Crippen molar-refractivity contribution in [3.8, 4) is 0 Å². The van der Waals surface area contributed by atoms with Gasteiger partial charge in [-0.1, -0.05) is 0 Å². The first-order valence-electron chi connectivity index (χ1n) is 6.52. The van der Waals surface area contributed by atoms with Crippen LogP contribution in [-0.4, -0.2) is 42.2 Å². The highest BCUT2D eigenvalue weighted by atomic mass is 16.5. The van der Waals surface area contributed by atoms with Crippen molar-refractivity contribution in [1.29, 1.82) is 0 Å². The summed E-state index contributed by atoms with van der Waals surface area (Å²) in [6.45, 7) is 1.96. The molecule has 1 aliphatic heterocycles. The van der Waals surface area contributed by atoms with Gasteiger partial charge in [0.2, 0.25) is 0 Å². The highest BCUT2D eigenvalue weighted by Crippen LogP contribution is 2.34. The second-order valence-electron chi connectivity index (χ2n) is 5.02. The molecule has 2 atom stereocenters. The molecule has 2 unspecified atom stereocenters. The number of nitrogens with zero attached hydrogens (tertiary/aromatic N) is 2. The van der Waals surface area contributed by atoms with E-state index >= 15 is 0 Å². The van der Waals surface area contributed by atoms with E-state index in [-0.39, 0.29) is 18.2 Å². The van der Waals surface area contributed by atoms with E-state index in [0.29, 0.717) is 17.8 Å². The van der Waals surface area contributed by atoms with Gasteiger partial charge in [-0.15, -0.1) is 0 Å². The number of nitrogens with one attached hydrogen (secondary N) is 1. The summed E-state index contributed by atoms with van der Waals surface area (Å²) in [4.78, 5) is 18.0. The molecule has 1 N–H and O–H groups in total. The lowest BCUT2D eigenvalue weighted by Crippen LogP contribution is -2.50. The quantitative estimate of drug-likeness (QED) is 0.876. The molecule has 0 saturated heterocycles. The van der Waals surface area contributed by atoms with E-state index in [2.05, 4.69) is 10.3 Å². The summed E-state index contributed by atoms with van der Waals surface area (Å²) in [5.41, 5.74) is 2.45. The molecule has 20 heavy (non-hydrogen) atoms. The molecule has 2 aliphatic rings. The molecule has 2 heterocycles. The Balaban J connectivity index is 2.05. The van der Waals surface area contributed by atoms with Crippen molar-refractivity contribution in [3.05, 3.63) is 35.7 Å². The molecule has 0 radical (unpaired) electrons. The van der Waals surface area contributed by atoms with Crippen molar-refractivity contribution in [3.63, 3.8) is 0 Å². The summed E-state index contributed by atoms with van der Waals surface area (Å²) in [6.07, 6.45) is 5.32.